The summed E-state index contributed by atoms with van der Waals surface area (Å²) in [6.45, 7) is 3.25. The number of benzene rings is 2. The number of carbonyl (C=O) groups excluding carboxylic acids is 2. The lowest BCUT2D eigenvalue weighted by molar-refractivity contribution is 0.0476. The highest BCUT2D eigenvalue weighted by molar-refractivity contribution is 6.06. The quantitative estimate of drug-likeness (QED) is 0.638. The van der Waals surface area contributed by atoms with Crippen molar-refractivity contribution < 1.29 is 43.6 Å². The molecule has 0 aliphatic carbocycles. The first-order valence-electron chi connectivity index (χ1n) is 8.56. The Morgan fingerprint density at radius 2 is 1.24 bits per heavy atom. The van der Waals surface area contributed by atoms with Gasteiger partial charge >= 0.3 is 23.9 Å². The van der Waals surface area contributed by atoms with E-state index >= 15 is 0 Å². The topological polar surface area (TPSA) is 136 Å². The first-order valence-corrected chi connectivity index (χ1v) is 8.56. The minimum absolute atomic E-state index is 0.0182. The Bertz CT molecular complexity index is 962. The highest BCUT2D eigenvalue weighted by Crippen LogP contribution is 2.32. The molecule has 0 aliphatic rings. The molecule has 0 aliphatic heterocycles. The van der Waals surface area contributed by atoms with Crippen LogP contribution in [0.15, 0.2) is 36.4 Å². The molecule has 2 aromatic rings. The second kappa shape index (κ2) is 9.36. The molecular weight excluding hydrogens is 384 g/mol. The first kappa shape index (κ1) is 21.4. The Morgan fingerprint density at radius 3 is 1.76 bits per heavy atom. The van der Waals surface area contributed by atoms with Crippen LogP contribution in [-0.2, 0) is 9.47 Å². The van der Waals surface area contributed by atoms with Gasteiger partial charge in [0.15, 0.2) is 0 Å². The molecule has 0 unspecified atom stereocenters. The van der Waals surface area contributed by atoms with Crippen LogP contribution in [0.2, 0.25) is 0 Å². The van der Waals surface area contributed by atoms with Gasteiger partial charge in [0, 0.05) is 0 Å². The Hall–Kier alpha value is -3.88. The largest absolute Gasteiger partial charge is 0.478 e. The third kappa shape index (κ3) is 4.70. The summed E-state index contributed by atoms with van der Waals surface area (Å²) in [5.41, 5.74) is -1.48. The van der Waals surface area contributed by atoms with Crippen molar-refractivity contribution in [2.45, 2.75) is 13.8 Å². The number of carbonyl (C=O) groups is 4. The van der Waals surface area contributed by atoms with Gasteiger partial charge in [-0.05, 0) is 38.1 Å². The van der Waals surface area contributed by atoms with Crippen LogP contribution >= 0.6 is 0 Å². The summed E-state index contributed by atoms with van der Waals surface area (Å²) >= 11 is 0. The van der Waals surface area contributed by atoms with Crippen molar-refractivity contribution in [1.29, 1.82) is 0 Å². The molecule has 2 aromatic carbocycles. The summed E-state index contributed by atoms with van der Waals surface area (Å²) in [4.78, 5) is 47.7. The highest BCUT2D eigenvalue weighted by Gasteiger charge is 2.27. The lowest BCUT2D eigenvalue weighted by Gasteiger charge is -2.15. The maximum Gasteiger partial charge on any atom is 0.342 e. The summed E-state index contributed by atoms with van der Waals surface area (Å²) < 4.78 is 15.5. The fourth-order valence-corrected chi connectivity index (χ4v) is 2.54. The van der Waals surface area contributed by atoms with E-state index in [1.54, 1.807) is 13.8 Å². The van der Waals surface area contributed by atoms with Gasteiger partial charge in [0.05, 0.1) is 24.3 Å². The summed E-state index contributed by atoms with van der Waals surface area (Å²) in [5.74, 6) is -5.16. The molecule has 2 N–H and O–H groups in total. The second-order valence-corrected chi connectivity index (χ2v) is 5.51. The van der Waals surface area contributed by atoms with E-state index in [0.717, 1.165) is 6.07 Å². The van der Waals surface area contributed by atoms with E-state index in [0.29, 0.717) is 0 Å². The van der Waals surface area contributed by atoms with Gasteiger partial charge in [0.2, 0.25) is 0 Å². The summed E-state index contributed by atoms with van der Waals surface area (Å²) in [6, 6.07) is 7.72. The molecule has 0 aromatic heterocycles. The Balaban J connectivity index is 2.65. The van der Waals surface area contributed by atoms with Gasteiger partial charge in [0.1, 0.15) is 22.6 Å². The maximum absolute atomic E-state index is 12.5. The molecule has 0 radical (unpaired) electrons. The fraction of sp³-hybridized carbons (Fsp3) is 0.200. The lowest BCUT2D eigenvalue weighted by Crippen LogP contribution is -2.16. The smallest absolute Gasteiger partial charge is 0.342 e. The minimum Gasteiger partial charge on any atom is -0.478 e. The van der Waals surface area contributed by atoms with E-state index in [-0.39, 0.29) is 35.8 Å². The van der Waals surface area contributed by atoms with E-state index < -0.39 is 35.0 Å². The maximum atomic E-state index is 12.5. The molecule has 0 spiro atoms. The molecule has 152 valence electrons. The molecule has 9 nitrogen and oxygen atoms in total. The first-order chi connectivity index (χ1) is 13.8. The zero-order valence-electron chi connectivity index (χ0n) is 15.6. The molecule has 0 saturated heterocycles. The monoisotopic (exact) mass is 402 g/mol. The van der Waals surface area contributed by atoms with Crippen LogP contribution < -0.4 is 4.74 Å². The number of aromatic carboxylic acids is 2. The highest BCUT2D eigenvalue weighted by atomic mass is 16.5. The predicted molar refractivity (Wildman–Crippen MR) is 98.8 cm³/mol. The Kier molecular flexibility index (Phi) is 6.91. The number of esters is 2. The molecule has 0 heterocycles. The van der Waals surface area contributed by atoms with Crippen molar-refractivity contribution >= 4 is 23.9 Å². The van der Waals surface area contributed by atoms with Crippen molar-refractivity contribution in [2.24, 2.45) is 0 Å². The Morgan fingerprint density at radius 1 is 0.724 bits per heavy atom. The summed E-state index contributed by atoms with van der Waals surface area (Å²) in [6.07, 6.45) is 0. The number of carboxylic acid groups (broad SMARTS) is 2. The van der Waals surface area contributed by atoms with E-state index in [1.807, 2.05) is 0 Å². The predicted octanol–water partition coefficient (Wildman–Crippen LogP) is 3.23. The standard InChI is InChI=1S/C20H18O9/c1-3-27-19(25)12-8-6-10-14(16(12)20(26)28-4-2)29-13-9-5-7-11(17(21)22)15(13)18(23)24/h5-10H,3-4H2,1-2H3,(H,21,22)(H,23,24). The lowest BCUT2D eigenvalue weighted by atomic mass is 10.0. The van der Waals surface area contributed by atoms with Crippen molar-refractivity contribution in [1.82, 2.24) is 0 Å². The van der Waals surface area contributed by atoms with Crippen molar-refractivity contribution in [3.05, 3.63) is 58.7 Å². The minimum atomic E-state index is -1.53. The zero-order valence-corrected chi connectivity index (χ0v) is 15.6. The molecule has 0 atom stereocenters. The van der Waals surface area contributed by atoms with Crippen molar-refractivity contribution in [2.75, 3.05) is 13.2 Å². The summed E-state index contributed by atoms with van der Waals surface area (Å²) in [5, 5.41) is 18.7. The number of rotatable bonds is 8. The molecular formula is C20H18O9. The average molecular weight is 402 g/mol. The molecule has 29 heavy (non-hydrogen) atoms. The van der Waals surface area contributed by atoms with Crippen molar-refractivity contribution in [3.63, 3.8) is 0 Å². The molecule has 2 rings (SSSR count). The molecule has 0 bridgehead atoms. The second-order valence-electron chi connectivity index (χ2n) is 5.51. The third-order valence-electron chi connectivity index (χ3n) is 3.69. The van der Waals surface area contributed by atoms with Crippen LogP contribution in [0.1, 0.15) is 55.3 Å². The van der Waals surface area contributed by atoms with Gasteiger partial charge in [-0.2, -0.15) is 0 Å². The number of hydrogen-bond donors (Lipinski definition) is 2. The zero-order chi connectivity index (χ0) is 21.6. The van der Waals surface area contributed by atoms with Gasteiger partial charge in [0.25, 0.3) is 0 Å². The number of carboxylic acids is 2. The molecule has 0 fully saturated rings. The van der Waals surface area contributed by atoms with Gasteiger partial charge in [-0.3, -0.25) is 0 Å². The van der Waals surface area contributed by atoms with E-state index in [2.05, 4.69) is 0 Å². The number of hydrogen-bond acceptors (Lipinski definition) is 7. The SMILES string of the molecule is CCOC(=O)c1cccc(Oc2cccc(C(=O)O)c2C(=O)O)c1C(=O)OCC. The Labute approximate surface area is 165 Å². The normalized spacial score (nSPS) is 10.1. The van der Waals surface area contributed by atoms with E-state index in [1.165, 1.54) is 30.3 Å². The average Bonchev–Trinajstić information content (AvgIpc) is 2.67. The third-order valence-corrected chi connectivity index (χ3v) is 3.69. The van der Waals surface area contributed by atoms with Crippen LogP contribution in [0, 0.1) is 0 Å². The van der Waals surface area contributed by atoms with Gasteiger partial charge in [-0.1, -0.05) is 12.1 Å². The van der Waals surface area contributed by atoms with E-state index in [9.17, 15) is 29.4 Å². The van der Waals surface area contributed by atoms with Crippen LogP contribution in [0.25, 0.3) is 0 Å². The summed E-state index contributed by atoms with van der Waals surface area (Å²) in [7, 11) is 0. The fourth-order valence-electron chi connectivity index (χ4n) is 2.54. The van der Waals surface area contributed by atoms with Crippen molar-refractivity contribution in [3.8, 4) is 11.5 Å². The molecule has 0 amide bonds. The van der Waals surface area contributed by atoms with Gasteiger partial charge in [-0.15, -0.1) is 0 Å². The van der Waals surface area contributed by atoms with Crippen LogP contribution in [0.5, 0.6) is 11.5 Å². The molecule has 9 heteroatoms. The van der Waals surface area contributed by atoms with Crippen LogP contribution in [-0.4, -0.2) is 47.3 Å². The van der Waals surface area contributed by atoms with Crippen LogP contribution in [0.3, 0.4) is 0 Å². The van der Waals surface area contributed by atoms with Gasteiger partial charge in [-0.25, -0.2) is 19.2 Å². The van der Waals surface area contributed by atoms with Gasteiger partial charge < -0.3 is 24.4 Å². The number of ether oxygens (including phenoxy) is 3. The van der Waals surface area contributed by atoms with Crippen LogP contribution in [0.4, 0.5) is 0 Å². The van der Waals surface area contributed by atoms with E-state index in [4.69, 9.17) is 14.2 Å². The molecule has 0 saturated carbocycles.